The van der Waals surface area contributed by atoms with E-state index in [0.29, 0.717) is 55.3 Å². The van der Waals surface area contributed by atoms with Gasteiger partial charge in [-0.15, -0.1) is 5.41 Å². The number of carbonyl (C=O) groups excluding carboxylic acids is 1. The number of amides is 1. The van der Waals surface area contributed by atoms with Gasteiger partial charge in [0.05, 0.1) is 49.1 Å². The molecule has 2 heterocycles. The number of fused-ring (bicyclic) bond motifs is 4. The van der Waals surface area contributed by atoms with Gasteiger partial charge >= 0.3 is 0 Å². The highest BCUT2D eigenvalue weighted by atomic mass is 35.5. The van der Waals surface area contributed by atoms with Crippen LogP contribution < -0.4 is 0 Å². The molecule has 1 amide bonds. The van der Waals surface area contributed by atoms with Crippen LogP contribution in [0.25, 0.3) is 0 Å². The largest absolute Gasteiger partial charge is 0.393 e. The summed E-state index contributed by atoms with van der Waals surface area (Å²) in [6, 6.07) is 5.98. The van der Waals surface area contributed by atoms with E-state index in [0.717, 1.165) is 38.5 Å². The molecule has 6 saturated carbocycles. The van der Waals surface area contributed by atoms with E-state index in [4.69, 9.17) is 36.9 Å². The van der Waals surface area contributed by atoms with E-state index in [1.807, 2.05) is 4.90 Å². The number of benzene rings is 1. The van der Waals surface area contributed by atoms with Crippen LogP contribution >= 0.6 is 11.6 Å². The molecule has 6 aliphatic carbocycles. The molecule has 8 fully saturated rings. The number of ether oxygens (including phenoxy) is 3. The molecule has 53 heavy (non-hydrogen) atoms. The number of rotatable bonds is 8. The molecule has 8 aliphatic rings. The van der Waals surface area contributed by atoms with Gasteiger partial charge in [0.1, 0.15) is 0 Å². The lowest BCUT2D eigenvalue weighted by Crippen LogP contribution is -2.60. The number of hydrogen-bond acceptors (Lipinski definition) is 8. The number of morpholine rings is 1. The molecule has 9 rings (SSSR count). The lowest BCUT2D eigenvalue weighted by Gasteiger charge is -2.67. The van der Waals surface area contributed by atoms with E-state index in [1.54, 1.807) is 0 Å². The van der Waals surface area contributed by atoms with Crippen molar-refractivity contribution in [2.45, 2.75) is 134 Å². The predicted octanol–water partition coefficient (Wildman–Crippen LogP) is 7.04. The van der Waals surface area contributed by atoms with Gasteiger partial charge < -0.3 is 31.1 Å². The summed E-state index contributed by atoms with van der Waals surface area (Å²) in [5, 5.41) is 13.0. The minimum atomic E-state index is -3.98. The maximum Gasteiger partial charge on any atom is 0.297 e. The number of nitrogens with zero attached hydrogens (tertiary/aromatic N) is 1. The van der Waals surface area contributed by atoms with E-state index in [2.05, 4.69) is 27.7 Å². The van der Waals surface area contributed by atoms with Gasteiger partial charge in [-0.25, -0.2) is 0 Å². The molecule has 0 bridgehead atoms. The molecule has 0 radical (unpaired) electrons. The van der Waals surface area contributed by atoms with Gasteiger partial charge in [0.15, 0.2) is 6.29 Å². The summed E-state index contributed by atoms with van der Waals surface area (Å²) >= 11 is 5.97. The van der Waals surface area contributed by atoms with E-state index in [-0.39, 0.29) is 63.3 Å². The molecular formula is C42H59ClNO8S-. The molecule has 0 aromatic heterocycles. The van der Waals surface area contributed by atoms with Gasteiger partial charge in [-0.1, -0.05) is 51.6 Å². The first-order valence-corrected chi connectivity index (χ1v) is 22.2. The number of halogens is 1. The van der Waals surface area contributed by atoms with E-state index in [9.17, 15) is 18.3 Å². The molecule has 13 atom stereocenters. The summed E-state index contributed by atoms with van der Waals surface area (Å²) in [6.07, 6.45) is 9.34. The average molecular weight is 773 g/mol. The molecule has 11 heteroatoms. The minimum absolute atomic E-state index is 0.0507. The highest BCUT2D eigenvalue weighted by molar-refractivity contribution is 7.86. The first-order chi connectivity index (χ1) is 25.1. The second kappa shape index (κ2) is 12.6. The zero-order chi connectivity index (χ0) is 37.3. The summed E-state index contributed by atoms with van der Waals surface area (Å²) in [5.74, 6) is 1.97. The Morgan fingerprint density at radius 1 is 1.04 bits per heavy atom. The van der Waals surface area contributed by atoms with Crippen molar-refractivity contribution in [2.75, 3.05) is 26.3 Å². The van der Waals surface area contributed by atoms with Gasteiger partial charge in [0, 0.05) is 18.0 Å². The Kier molecular flexibility index (Phi) is 8.88. The summed E-state index contributed by atoms with van der Waals surface area (Å²) < 4.78 is 51.2. The maximum absolute atomic E-state index is 13.0. The Hall–Kier alpha value is -1.27. The normalized spacial score (nSPS) is 47.1. The Bertz CT molecular complexity index is 1720. The van der Waals surface area contributed by atoms with Gasteiger partial charge in [-0.3, -0.25) is 8.98 Å². The summed E-state index contributed by atoms with van der Waals surface area (Å²) in [6.45, 7) is 16.1. The fourth-order valence-electron chi connectivity index (χ4n) is 14.1. The smallest absolute Gasteiger partial charge is 0.297 e. The van der Waals surface area contributed by atoms with Crippen molar-refractivity contribution in [2.24, 2.45) is 56.7 Å². The topological polar surface area (TPSA) is 112 Å². The van der Waals surface area contributed by atoms with Crippen molar-refractivity contribution in [1.29, 1.82) is 0 Å². The molecule has 1 aromatic rings. The van der Waals surface area contributed by atoms with Crippen LogP contribution in [0.3, 0.4) is 0 Å². The first kappa shape index (κ1) is 37.3. The van der Waals surface area contributed by atoms with Crippen LogP contribution in [0.4, 0.5) is 0 Å². The molecule has 1 N–H and O–H groups in total. The highest BCUT2D eigenvalue weighted by Gasteiger charge is 2.83. The van der Waals surface area contributed by atoms with E-state index >= 15 is 0 Å². The van der Waals surface area contributed by atoms with Crippen molar-refractivity contribution in [3.63, 3.8) is 0 Å². The fraction of sp³-hybridized carbons (Fsp3) is 0.810. The minimum Gasteiger partial charge on any atom is -0.393 e. The number of aliphatic hydroxyl groups excluding tert-OH is 1. The molecule has 294 valence electrons. The third-order valence-corrected chi connectivity index (χ3v) is 18.4. The molecule has 2 spiro atoms. The molecule has 1 aromatic carbocycles. The zero-order valence-electron chi connectivity index (χ0n) is 31.9. The predicted molar refractivity (Wildman–Crippen MR) is 199 cm³/mol. The molecule has 2 saturated heterocycles. The van der Waals surface area contributed by atoms with Gasteiger partial charge in [-0.05, 0) is 127 Å². The van der Waals surface area contributed by atoms with Gasteiger partial charge in [-0.2, -0.15) is 8.42 Å². The number of hydrogen-bond donors (Lipinski definition) is 1. The number of aliphatic hydroxyl groups is 1. The maximum atomic E-state index is 13.0. The average Bonchev–Trinajstić information content (AvgIpc) is 4.04. The summed E-state index contributed by atoms with van der Waals surface area (Å²) in [7, 11) is -3.98. The first-order valence-electron chi connectivity index (χ1n) is 20.4. The van der Waals surface area contributed by atoms with Crippen molar-refractivity contribution in [3.05, 3.63) is 36.2 Å². The van der Waals surface area contributed by atoms with Gasteiger partial charge in [0.25, 0.3) is 10.1 Å². The highest BCUT2D eigenvalue weighted by Crippen LogP contribution is 2.89. The van der Waals surface area contributed by atoms with Crippen molar-refractivity contribution < 1.29 is 36.7 Å². The number of carbonyl (C=O) groups is 1. The Balaban J connectivity index is 0.898. The fourth-order valence-corrected chi connectivity index (χ4v) is 15.2. The van der Waals surface area contributed by atoms with Crippen LogP contribution in [0.15, 0.2) is 29.2 Å². The van der Waals surface area contributed by atoms with Crippen LogP contribution in [-0.4, -0.2) is 81.3 Å². The molecular weight excluding hydrogens is 714 g/mol. The molecule has 2 aliphatic heterocycles. The van der Waals surface area contributed by atoms with Crippen molar-refractivity contribution in [1.82, 2.24) is 4.90 Å². The summed E-state index contributed by atoms with van der Waals surface area (Å²) in [5.41, 5.74) is -0.429. The van der Waals surface area contributed by atoms with Crippen LogP contribution in [0.2, 0.25) is 5.02 Å². The second-order valence-corrected chi connectivity index (χ2v) is 21.6. The van der Waals surface area contributed by atoms with Crippen LogP contribution in [0.5, 0.6) is 0 Å². The quantitative estimate of drug-likeness (QED) is 0.221. The Morgan fingerprint density at radius 2 is 1.75 bits per heavy atom. The van der Waals surface area contributed by atoms with Gasteiger partial charge in [0.2, 0.25) is 5.91 Å². The zero-order valence-corrected chi connectivity index (χ0v) is 33.5. The second-order valence-electron chi connectivity index (χ2n) is 19.5. The lowest BCUT2D eigenvalue weighted by atomic mass is 9.41. The monoisotopic (exact) mass is 772 g/mol. The van der Waals surface area contributed by atoms with Crippen molar-refractivity contribution in [3.8, 4) is 0 Å². The van der Waals surface area contributed by atoms with Crippen molar-refractivity contribution >= 4 is 27.6 Å². The summed E-state index contributed by atoms with van der Waals surface area (Å²) in [4.78, 5) is 15.0. The van der Waals surface area contributed by atoms with E-state index < -0.39 is 33.8 Å². The molecule has 13 unspecified atom stereocenters. The SMILES string of the molecule is [CH2-]C12C(O)C3OC(COS(=O)(=O)c4ccc(Cl)cc4)CC(C)C3C1(C)CCC13CC14CCC(OC1CN(C(=O)CC5CC5)CCO1)C(C)(C)C4CCC32. The lowest BCUT2D eigenvalue weighted by molar-refractivity contribution is -0.247. The van der Waals surface area contributed by atoms with E-state index in [1.165, 1.54) is 43.5 Å². The molecule has 9 nitrogen and oxygen atoms in total. The Morgan fingerprint density at radius 3 is 2.49 bits per heavy atom. The van der Waals surface area contributed by atoms with Crippen LogP contribution in [0.1, 0.15) is 98.3 Å². The van der Waals surface area contributed by atoms with Crippen LogP contribution in [-0.2, 0) is 33.3 Å². The Labute approximate surface area is 321 Å². The third-order valence-electron chi connectivity index (χ3n) is 16.8. The van der Waals surface area contributed by atoms with Crippen LogP contribution in [0, 0.1) is 63.6 Å². The standard InChI is InChI=1S/C42H59ClNO8S/c1-25-20-28(23-50-53(47,48)29-10-8-27(43)9-11-29)51-36-35(25)39(4)16-17-42-24-41(42)15-14-32(38(2,3)30(41)12-13-31(42)40(39,5)37(36)46)52-34-22-44(18-19-49-34)33(45)21-26-6-7-26/h8-11,25-26,28,30-32,34-37,46H,5-7,12-24H2,1-4H3/q-1. The third kappa shape index (κ3) is 5.52.